The van der Waals surface area contributed by atoms with Crippen molar-refractivity contribution in [2.75, 3.05) is 13.2 Å². The molecule has 1 aromatic rings. The first-order chi connectivity index (χ1) is 7.16. The molecule has 1 heterocycles. The van der Waals surface area contributed by atoms with E-state index >= 15 is 0 Å². The summed E-state index contributed by atoms with van der Waals surface area (Å²) in [6, 6.07) is 3.95. The molecule has 1 aliphatic heterocycles. The normalized spacial score (nSPS) is 15.8. The maximum absolute atomic E-state index is 12.9. The van der Waals surface area contributed by atoms with Crippen molar-refractivity contribution < 1.29 is 13.9 Å². The van der Waals surface area contributed by atoms with Crippen LogP contribution in [0.5, 0.6) is 5.75 Å². The molecule has 0 saturated carbocycles. The number of hydrogen-bond acceptors (Lipinski definition) is 3. The second kappa shape index (κ2) is 3.86. The van der Waals surface area contributed by atoms with Crippen LogP contribution in [0.4, 0.5) is 4.39 Å². The minimum absolute atomic E-state index is 0.0199. The first-order valence-corrected chi connectivity index (χ1v) is 4.55. The summed E-state index contributed by atoms with van der Waals surface area (Å²) in [5.74, 6) is -0.209. The minimum atomic E-state index is -0.433. The van der Waals surface area contributed by atoms with E-state index in [1.807, 2.05) is 0 Å². The Morgan fingerprint density at radius 1 is 1.53 bits per heavy atom. The molecule has 0 aromatic heterocycles. The summed E-state index contributed by atoms with van der Waals surface area (Å²) >= 11 is 0. The SMILES string of the molecule is N=C(N)c1cc(F)ccc1OC1COC1. The Labute approximate surface area is 86.3 Å². The molecule has 2 rings (SSSR count). The van der Waals surface area contributed by atoms with E-state index in [9.17, 15) is 4.39 Å². The van der Waals surface area contributed by atoms with E-state index in [0.29, 0.717) is 19.0 Å². The van der Waals surface area contributed by atoms with Gasteiger partial charge in [0.2, 0.25) is 0 Å². The lowest BCUT2D eigenvalue weighted by atomic mass is 10.1. The van der Waals surface area contributed by atoms with Gasteiger partial charge in [0.1, 0.15) is 23.5 Å². The van der Waals surface area contributed by atoms with Crippen LogP contribution >= 0.6 is 0 Å². The first kappa shape index (κ1) is 9.92. The van der Waals surface area contributed by atoms with Gasteiger partial charge >= 0.3 is 0 Å². The number of nitrogen functional groups attached to an aromatic ring is 1. The molecule has 0 atom stereocenters. The number of hydrogen-bond donors (Lipinski definition) is 2. The Hall–Kier alpha value is -1.62. The molecule has 1 aliphatic rings. The molecule has 15 heavy (non-hydrogen) atoms. The average molecular weight is 210 g/mol. The third-order valence-electron chi connectivity index (χ3n) is 2.13. The number of rotatable bonds is 3. The van der Waals surface area contributed by atoms with Crippen molar-refractivity contribution in [2.24, 2.45) is 5.73 Å². The molecule has 1 saturated heterocycles. The lowest BCUT2D eigenvalue weighted by Gasteiger charge is -2.27. The summed E-state index contributed by atoms with van der Waals surface area (Å²) in [4.78, 5) is 0. The summed E-state index contributed by atoms with van der Waals surface area (Å²) in [5.41, 5.74) is 5.60. The van der Waals surface area contributed by atoms with E-state index < -0.39 is 5.82 Å². The van der Waals surface area contributed by atoms with Crippen LogP contribution in [-0.2, 0) is 4.74 Å². The van der Waals surface area contributed by atoms with Gasteiger partial charge < -0.3 is 15.2 Å². The Kier molecular flexibility index (Phi) is 2.55. The summed E-state index contributed by atoms with van der Waals surface area (Å²) in [6.45, 7) is 1.05. The van der Waals surface area contributed by atoms with E-state index in [0.717, 1.165) is 0 Å². The molecule has 3 N–H and O–H groups in total. The van der Waals surface area contributed by atoms with Crippen LogP contribution in [0.2, 0.25) is 0 Å². The highest BCUT2D eigenvalue weighted by Crippen LogP contribution is 2.22. The van der Waals surface area contributed by atoms with Gasteiger partial charge in [0.05, 0.1) is 18.8 Å². The quantitative estimate of drug-likeness (QED) is 0.575. The maximum atomic E-state index is 12.9. The van der Waals surface area contributed by atoms with Gasteiger partial charge in [0.25, 0.3) is 0 Å². The highest BCUT2D eigenvalue weighted by molar-refractivity contribution is 5.97. The molecule has 80 valence electrons. The molecule has 0 aliphatic carbocycles. The zero-order valence-corrected chi connectivity index (χ0v) is 8.00. The number of ether oxygens (including phenoxy) is 2. The molecule has 1 fully saturated rings. The van der Waals surface area contributed by atoms with Crippen molar-refractivity contribution in [1.29, 1.82) is 5.41 Å². The number of halogens is 1. The molecule has 0 spiro atoms. The topological polar surface area (TPSA) is 68.3 Å². The van der Waals surface area contributed by atoms with Crippen molar-refractivity contribution in [3.63, 3.8) is 0 Å². The fourth-order valence-corrected chi connectivity index (χ4v) is 1.28. The van der Waals surface area contributed by atoms with Crippen LogP contribution < -0.4 is 10.5 Å². The lowest BCUT2D eigenvalue weighted by molar-refractivity contribution is -0.0797. The largest absolute Gasteiger partial charge is 0.485 e. The zero-order chi connectivity index (χ0) is 10.8. The monoisotopic (exact) mass is 210 g/mol. The standard InChI is InChI=1S/C10H11FN2O2/c11-6-1-2-9(8(3-6)10(12)13)15-7-4-14-5-7/h1-3,7H,4-5H2,(H3,12,13). The molecule has 4 nitrogen and oxygen atoms in total. The molecule has 0 bridgehead atoms. The van der Waals surface area contributed by atoms with E-state index in [-0.39, 0.29) is 17.5 Å². The summed E-state index contributed by atoms with van der Waals surface area (Å²) in [5, 5.41) is 7.29. The van der Waals surface area contributed by atoms with Crippen LogP contribution in [-0.4, -0.2) is 25.2 Å². The number of benzene rings is 1. The third-order valence-corrected chi connectivity index (χ3v) is 2.13. The summed E-state index contributed by atoms with van der Waals surface area (Å²) in [7, 11) is 0. The average Bonchev–Trinajstić information content (AvgIpc) is 2.12. The van der Waals surface area contributed by atoms with E-state index in [4.69, 9.17) is 20.6 Å². The first-order valence-electron chi connectivity index (χ1n) is 4.55. The van der Waals surface area contributed by atoms with Crippen molar-refractivity contribution in [3.05, 3.63) is 29.6 Å². The highest BCUT2D eigenvalue weighted by Gasteiger charge is 2.21. The van der Waals surface area contributed by atoms with E-state index in [1.54, 1.807) is 0 Å². The molecule has 1 aromatic carbocycles. The number of amidine groups is 1. The third kappa shape index (κ3) is 2.07. The lowest BCUT2D eigenvalue weighted by Crippen LogP contribution is -2.39. The van der Waals surface area contributed by atoms with Gasteiger partial charge in [0, 0.05) is 0 Å². The fourth-order valence-electron chi connectivity index (χ4n) is 1.28. The Balaban J connectivity index is 2.23. The van der Waals surface area contributed by atoms with Crippen LogP contribution in [0.3, 0.4) is 0 Å². The van der Waals surface area contributed by atoms with Gasteiger partial charge in [-0.05, 0) is 18.2 Å². The van der Waals surface area contributed by atoms with Gasteiger partial charge in [-0.25, -0.2) is 4.39 Å². The van der Waals surface area contributed by atoms with Crippen molar-refractivity contribution in [3.8, 4) is 5.75 Å². The minimum Gasteiger partial charge on any atom is -0.485 e. The molecule has 0 unspecified atom stereocenters. The van der Waals surface area contributed by atoms with Crippen molar-refractivity contribution >= 4 is 5.84 Å². The number of nitrogens with one attached hydrogen (secondary N) is 1. The second-order valence-corrected chi connectivity index (χ2v) is 3.33. The molecule has 5 heteroatoms. The number of nitrogens with two attached hydrogens (primary N) is 1. The van der Waals surface area contributed by atoms with Gasteiger partial charge in [-0.2, -0.15) is 0 Å². The van der Waals surface area contributed by atoms with E-state index in [1.165, 1.54) is 18.2 Å². The maximum Gasteiger partial charge on any atom is 0.145 e. The molecule has 0 radical (unpaired) electrons. The van der Waals surface area contributed by atoms with E-state index in [2.05, 4.69) is 0 Å². The van der Waals surface area contributed by atoms with Crippen LogP contribution in [0.25, 0.3) is 0 Å². The van der Waals surface area contributed by atoms with Gasteiger partial charge in [-0.3, -0.25) is 5.41 Å². The van der Waals surface area contributed by atoms with Crippen LogP contribution in [0.15, 0.2) is 18.2 Å². The van der Waals surface area contributed by atoms with Gasteiger partial charge in [-0.1, -0.05) is 0 Å². The zero-order valence-electron chi connectivity index (χ0n) is 8.00. The summed E-state index contributed by atoms with van der Waals surface area (Å²) < 4.78 is 23.3. The van der Waals surface area contributed by atoms with Crippen molar-refractivity contribution in [2.45, 2.75) is 6.10 Å². The second-order valence-electron chi connectivity index (χ2n) is 3.33. The Morgan fingerprint density at radius 3 is 2.80 bits per heavy atom. The van der Waals surface area contributed by atoms with Crippen molar-refractivity contribution in [1.82, 2.24) is 0 Å². The predicted molar refractivity (Wildman–Crippen MR) is 52.7 cm³/mol. The van der Waals surface area contributed by atoms with Crippen LogP contribution in [0, 0.1) is 11.2 Å². The predicted octanol–water partition coefficient (Wildman–Crippen LogP) is 0.887. The molecule has 0 amide bonds. The van der Waals surface area contributed by atoms with Gasteiger partial charge in [0.15, 0.2) is 0 Å². The van der Waals surface area contributed by atoms with Crippen LogP contribution in [0.1, 0.15) is 5.56 Å². The Morgan fingerprint density at radius 2 is 2.27 bits per heavy atom. The Bertz CT molecular complexity index is 391. The smallest absolute Gasteiger partial charge is 0.145 e. The highest BCUT2D eigenvalue weighted by atomic mass is 19.1. The molecular formula is C10H11FN2O2. The summed E-state index contributed by atoms with van der Waals surface area (Å²) in [6.07, 6.45) is -0.0199. The molecular weight excluding hydrogens is 199 g/mol. The van der Waals surface area contributed by atoms with Gasteiger partial charge in [-0.15, -0.1) is 0 Å². The fraction of sp³-hybridized carbons (Fsp3) is 0.300.